The molecule has 2 aliphatic rings. The Morgan fingerprint density at radius 1 is 1.29 bits per heavy atom. The van der Waals surface area contributed by atoms with Gasteiger partial charge in [0.2, 0.25) is 11.8 Å². The van der Waals surface area contributed by atoms with Gasteiger partial charge in [-0.3, -0.25) is 14.5 Å². The van der Waals surface area contributed by atoms with E-state index >= 15 is 0 Å². The second-order valence-electron chi connectivity index (χ2n) is 5.27. The Hall–Kier alpha value is -2.48. The predicted molar refractivity (Wildman–Crippen MR) is 84.7 cm³/mol. The van der Waals surface area contributed by atoms with Crippen LogP contribution in [0.3, 0.4) is 0 Å². The van der Waals surface area contributed by atoms with Gasteiger partial charge in [-0.15, -0.1) is 0 Å². The second-order valence-corrected chi connectivity index (χ2v) is 6.54. The molecule has 1 N–H and O–H groups in total. The van der Waals surface area contributed by atoms with Crippen molar-refractivity contribution in [1.82, 2.24) is 4.90 Å². The van der Waals surface area contributed by atoms with E-state index in [1.54, 1.807) is 0 Å². The van der Waals surface area contributed by atoms with Crippen LogP contribution >= 0.6 is 11.8 Å². The zero-order valence-electron chi connectivity index (χ0n) is 12.6. The Bertz CT molecular complexity index is 702. The van der Waals surface area contributed by atoms with Gasteiger partial charge in [0.25, 0.3) is 0 Å². The second kappa shape index (κ2) is 6.96. The predicted octanol–water partition coefficient (Wildman–Crippen LogP) is 2.33. The molecule has 0 spiro atoms. The van der Waals surface area contributed by atoms with Crippen molar-refractivity contribution in [2.45, 2.75) is 24.6 Å². The Morgan fingerprint density at radius 3 is 2.71 bits per heavy atom. The average molecular weight is 349 g/mol. The van der Waals surface area contributed by atoms with E-state index in [2.05, 4.69) is 0 Å². The molecule has 1 unspecified atom stereocenters. The van der Waals surface area contributed by atoms with Gasteiger partial charge in [0.15, 0.2) is 0 Å². The highest BCUT2D eigenvalue weighted by atomic mass is 32.2. The van der Waals surface area contributed by atoms with Gasteiger partial charge >= 0.3 is 12.1 Å². The number of β-lactam (4-membered cyclic amide) rings is 1. The average Bonchev–Trinajstić information content (AvgIpc) is 2.79. The Balaban J connectivity index is 1.54. The van der Waals surface area contributed by atoms with Crippen LogP contribution in [0.5, 0.6) is 0 Å². The number of hydrogen-bond donors (Lipinski definition) is 1. The summed E-state index contributed by atoms with van der Waals surface area (Å²) in [6.07, 6.45) is -0.620. The lowest BCUT2D eigenvalue weighted by Crippen LogP contribution is -2.47. The zero-order valence-corrected chi connectivity index (χ0v) is 13.5. The van der Waals surface area contributed by atoms with Crippen molar-refractivity contribution in [2.24, 2.45) is 0 Å². The van der Waals surface area contributed by atoms with E-state index in [0.29, 0.717) is 17.7 Å². The third-order valence-electron chi connectivity index (χ3n) is 3.61. The van der Waals surface area contributed by atoms with Crippen LogP contribution in [0.25, 0.3) is 0 Å². The Morgan fingerprint density at radius 2 is 2.04 bits per heavy atom. The molecule has 2 aliphatic heterocycles. The molecule has 1 saturated heterocycles. The van der Waals surface area contributed by atoms with Crippen molar-refractivity contribution in [3.63, 3.8) is 0 Å². The maximum absolute atomic E-state index is 11.8. The molecule has 24 heavy (non-hydrogen) atoms. The van der Waals surface area contributed by atoms with E-state index in [9.17, 15) is 14.4 Å². The minimum absolute atomic E-state index is 0.0489. The van der Waals surface area contributed by atoms with Crippen molar-refractivity contribution in [3.8, 4) is 0 Å². The molecule has 126 valence electrons. The number of hydrogen-bond acceptors (Lipinski definition) is 6. The molecule has 0 radical (unpaired) electrons. The van der Waals surface area contributed by atoms with Crippen LogP contribution in [0, 0.1) is 0 Å². The summed E-state index contributed by atoms with van der Waals surface area (Å²) in [6, 6.07) is 9.24. The fourth-order valence-corrected chi connectivity index (χ4v) is 3.82. The first-order chi connectivity index (χ1) is 11.5. The number of amides is 1. The first kappa shape index (κ1) is 16.4. The van der Waals surface area contributed by atoms with Crippen LogP contribution in [-0.2, 0) is 25.5 Å². The van der Waals surface area contributed by atoms with Gasteiger partial charge in [-0.25, -0.2) is 4.79 Å². The van der Waals surface area contributed by atoms with Crippen LogP contribution < -0.4 is 0 Å². The summed E-state index contributed by atoms with van der Waals surface area (Å²) in [6.45, 7) is 0.106. The lowest BCUT2D eigenvalue weighted by molar-refractivity contribution is -0.143. The number of fused-ring (bicyclic) bond motifs is 1. The summed E-state index contributed by atoms with van der Waals surface area (Å²) in [5.41, 5.74) is 0.863. The number of thioether (sulfide) groups is 1. The van der Waals surface area contributed by atoms with Gasteiger partial charge in [0, 0.05) is 6.42 Å². The lowest BCUT2D eigenvalue weighted by Gasteiger charge is -2.33. The number of esters is 1. The molecular weight excluding hydrogens is 334 g/mol. The monoisotopic (exact) mass is 349 g/mol. The smallest absolute Gasteiger partial charge is 0.465 e. The molecule has 1 fully saturated rings. The Labute approximate surface area is 142 Å². The Kier molecular flexibility index (Phi) is 4.75. The molecule has 2 heterocycles. The molecular formula is C16H15NO6S. The molecule has 0 aromatic heterocycles. The third-order valence-corrected chi connectivity index (χ3v) is 4.92. The quantitative estimate of drug-likeness (QED) is 0.622. The molecule has 0 bridgehead atoms. The van der Waals surface area contributed by atoms with Crippen molar-refractivity contribution < 1.29 is 29.0 Å². The van der Waals surface area contributed by atoms with E-state index in [0.717, 1.165) is 5.56 Å². The number of carbonyl (C=O) groups excluding carboxylic acids is 2. The van der Waals surface area contributed by atoms with E-state index in [-0.39, 0.29) is 36.2 Å². The summed E-state index contributed by atoms with van der Waals surface area (Å²) < 4.78 is 9.91. The van der Waals surface area contributed by atoms with Crippen LogP contribution in [0.2, 0.25) is 0 Å². The van der Waals surface area contributed by atoms with Crippen LogP contribution in [0.1, 0.15) is 18.4 Å². The van der Waals surface area contributed by atoms with Gasteiger partial charge in [-0.05, 0) is 5.56 Å². The first-order valence-corrected chi connectivity index (χ1v) is 8.25. The van der Waals surface area contributed by atoms with Crippen molar-refractivity contribution in [1.29, 1.82) is 0 Å². The topological polar surface area (TPSA) is 93.1 Å². The molecule has 1 amide bonds. The molecule has 8 heteroatoms. The fourth-order valence-electron chi connectivity index (χ4n) is 2.50. The molecule has 1 aromatic rings. The maximum atomic E-state index is 11.8. The van der Waals surface area contributed by atoms with Gasteiger partial charge in [-0.1, -0.05) is 42.1 Å². The largest absolute Gasteiger partial charge is 0.512 e. The minimum Gasteiger partial charge on any atom is -0.465 e. The van der Waals surface area contributed by atoms with Crippen LogP contribution in [-0.4, -0.2) is 40.0 Å². The van der Waals surface area contributed by atoms with E-state index < -0.39 is 6.16 Å². The molecule has 1 atom stereocenters. The molecule has 0 saturated carbocycles. The first-order valence-electron chi connectivity index (χ1n) is 7.37. The van der Waals surface area contributed by atoms with Crippen LogP contribution in [0.15, 0.2) is 41.1 Å². The van der Waals surface area contributed by atoms with E-state index in [4.69, 9.17) is 14.6 Å². The number of nitrogens with zero attached hydrogens (tertiary/aromatic N) is 1. The summed E-state index contributed by atoms with van der Waals surface area (Å²) >= 11 is 1.37. The van der Waals surface area contributed by atoms with Gasteiger partial charge in [0.05, 0.1) is 29.7 Å². The molecule has 3 rings (SSSR count). The van der Waals surface area contributed by atoms with Crippen molar-refractivity contribution in [2.75, 3.05) is 6.61 Å². The highest BCUT2D eigenvalue weighted by molar-refractivity contribution is 8.04. The van der Waals surface area contributed by atoms with Gasteiger partial charge in [0.1, 0.15) is 0 Å². The van der Waals surface area contributed by atoms with E-state index in [1.165, 1.54) is 16.7 Å². The van der Waals surface area contributed by atoms with E-state index in [1.807, 2.05) is 30.3 Å². The fraction of sp³-hybridized carbons (Fsp3) is 0.312. The summed E-state index contributed by atoms with van der Waals surface area (Å²) in [7, 11) is 0. The third kappa shape index (κ3) is 3.53. The number of ether oxygens (including phenoxy) is 2. The van der Waals surface area contributed by atoms with Crippen LogP contribution in [0.4, 0.5) is 4.79 Å². The summed E-state index contributed by atoms with van der Waals surface area (Å²) in [4.78, 5) is 36.1. The lowest BCUT2D eigenvalue weighted by atomic mass is 10.2. The summed E-state index contributed by atoms with van der Waals surface area (Å²) in [5, 5.41) is 8.69. The number of rotatable bonds is 6. The highest BCUT2D eigenvalue weighted by Crippen LogP contribution is 2.47. The zero-order chi connectivity index (χ0) is 17.1. The summed E-state index contributed by atoms with van der Waals surface area (Å²) in [5.74, 6) is -0.475. The van der Waals surface area contributed by atoms with Gasteiger partial charge in [-0.2, -0.15) is 0 Å². The SMILES string of the molecule is O=C(O)OC1=C(CCOC(=O)Cc2ccccc2)SC2CC(=O)N12. The maximum Gasteiger partial charge on any atom is 0.512 e. The standard InChI is InChI=1S/C16H15NO6S/c18-12-9-13-17(12)15(23-16(20)21)11(24-13)6-7-22-14(19)8-10-4-2-1-3-5-10/h1-5,13H,6-9H2,(H,20,21). The molecule has 1 aromatic carbocycles. The normalized spacial score (nSPS) is 18.9. The van der Waals surface area contributed by atoms with Crippen molar-refractivity contribution >= 4 is 29.8 Å². The molecule has 7 nitrogen and oxygen atoms in total. The number of carbonyl (C=O) groups is 3. The van der Waals surface area contributed by atoms with Gasteiger partial charge < -0.3 is 14.6 Å². The molecule has 0 aliphatic carbocycles. The minimum atomic E-state index is -1.47. The highest BCUT2D eigenvalue weighted by Gasteiger charge is 2.47. The van der Waals surface area contributed by atoms with Crippen molar-refractivity contribution in [3.05, 3.63) is 46.7 Å². The number of benzene rings is 1. The number of carboxylic acid groups (broad SMARTS) is 1.